The van der Waals surface area contributed by atoms with Gasteiger partial charge in [0.1, 0.15) is 0 Å². The van der Waals surface area contributed by atoms with Crippen molar-refractivity contribution in [2.24, 2.45) is 11.7 Å². The first kappa shape index (κ1) is 10.1. The van der Waals surface area contributed by atoms with E-state index in [-0.39, 0.29) is 0 Å². The number of rotatable bonds is 1. The maximum Gasteiger partial charge on any atom is 0.0897 e. The number of hydrogen-bond acceptors (Lipinski definition) is 3. The average molecular weight is 210 g/mol. The lowest BCUT2D eigenvalue weighted by atomic mass is 9.77. The van der Waals surface area contributed by atoms with E-state index in [4.69, 9.17) is 5.73 Å². The van der Waals surface area contributed by atoms with Crippen LogP contribution >= 0.6 is 11.3 Å². The summed E-state index contributed by atoms with van der Waals surface area (Å²) in [5.74, 6) is 1.35. The molecule has 0 spiro atoms. The third-order valence-corrected chi connectivity index (χ3v) is 4.04. The van der Waals surface area contributed by atoms with Gasteiger partial charge in [-0.2, -0.15) is 0 Å². The highest BCUT2D eigenvalue weighted by Gasteiger charge is 2.28. The number of nitrogens with two attached hydrogens (primary N) is 1. The molecule has 3 heteroatoms. The molecule has 0 aromatic carbocycles. The minimum atomic E-state index is 0.387. The Bertz CT molecular complexity index is 308. The number of aromatic nitrogens is 1. The van der Waals surface area contributed by atoms with E-state index in [2.05, 4.69) is 24.2 Å². The van der Waals surface area contributed by atoms with Crippen LogP contribution in [0.3, 0.4) is 0 Å². The van der Waals surface area contributed by atoms with Crippen LogP contribution in [0.25, 0.3) is 0 Å². The molecule has 2 rings (SSSR count). The highest BCUT2D eigenvalue weighted by Crippen LogP contribution is 2.37. The number of hydrogen-bond donors (Lipinski definition) is 1. The molecule has 0 amide bonds. The largest absolute Gasteiger partial charge is 0.328 e. The monoisotopic (exact) mass is 210 g/mol. The first-order valence-corrected chi connectivity index (χ1v) is 6.22. The summed E-state index contributed by atoms with van der Waals surface area (Å²) in [5.41, 5.74) is 7.28. The molecule has 1 aromatic heterocycles. The van der Waals surface area contributed by atoms with E-state index in [1.54, 1.807) is 11.3 Å². The van der Waals surface area contributed by atoms with Crippen molar-refractivity contribution in [1.29, 1.82) is 0 Å². The Morgan fingerprint density at radius 2 is 2.29 bits per heavy atom. The van der Waals surface area contributed by atoms with Crippen LogP contribution in [0.2, 0.25) is 0 Å². The van der Waals surface area contributed by atoms with Crippen molar-refractivity contribution < 1.29 is 0 Å². The molecule has 78 valence electrons. The van der Waals surface area contributed by atoms with Gasteiger partial charge < -0.3 is 5.73 Å². The summed E-state index contributed by atoms with van der Waals surface area (Å²) in [5, 5.41) is 3.38. The summed E-state index contributed by atoms with van der Waals surface area (Å²) in [6, 6.07) is 0.387. The molecule has 3 atom stereocenters. The van der Waals surface area contributed by atoms with Crippen LogP contribution in [0, 0.1) is 12.8 Å². The predicted molar refractivity (Wildman–Crippen MR) is 60.6 cm³/mol. The molecule has 3 unspecified atom stereocenters. The zero-order chi connectivity index (χ0) is 10.1. The SMILES string of the molecule is Cc1nc(C2CC(N)CCC2C)cs1. The highest BCUT2D eigenvalue weighted by molar-refractivity contribution is 7.09. The molecule has 0 radical (unpaired) electrons. The van der Waals surface area contributed by atoms with Crippen molar-refractivity contribution in [3.8, 4) is 0 Å². The summed E-state index contributed by atoms with van der Waals surface area (Å²) < 4.78 is 0. The molecule has 0 aliphatic heterocycles. The summed E-state index contributed by atoms with van der Waals surface area (Å²) in [6.45, 7) is 4.40. The zero-order valence-electron chi connectivity index (χ0n) is 8.86. The van der Waals surface area contributed by atoms with Gasteiger partial charge in [-0.05, 0) is 32.1 Å². The van der Waals surface area contributed by atoms with Crippen LogP contribution < -0.4 is 5.73 Å². The van der Waals surface area contributed by atoms with Gasteiger partial charge in [0.15, 0.2) is 0 Å². The number of nitrogens with zero attached hydrogens (tertiary/aromatic N) is 1. The van der Waals surface area contributed by atoms with Crippen LogP contribution in [0.5, 0.6) is 0 Å². The van der Waals surface area contributed by atoms with Crippen molar-refractivity contribution >= 4 is 11.3 Å². The van der Waals surface area contributed by atoms with Gasteiger partial charge >= 0.3 is 0 Å². The first-order valence-electron chi connectivity index (χ1n) is 5.34. The summed E-state index contributed by atoms with van der Waals surface area (Å²) in [6.07, 6.45) is 3.55. The number of thiazole rings is 1. The van der Waals surface area contributed by atoms with Crippen molar-refractivity contribution in [2.45, 2.75) is 45.1 Å². The molecule has 1 heterocycles. The second-order valence-electron chi connectivity index (χ2n) is 4.45. The van der Waals surface area contributed by atoms with Gasteiger partial charge in [-0.1, -0.05) is 6.92 Å². The van der Waals surface area contributed by atoms with Crippen molar-refractivity contribution in [1.82, 2.24) is 4.98 Å². The fourth-order valence-electron chi connectivity index (χ4n) is 2.32. The molecule has 0 bridgehead atoms. The highest BCUT2D eigenvalue weighted by atomic mass is 32.1. The lowest BCUT2D eigenvalue weighted by molar-refractivity contribution is 0.296. The van der Waals surface area contributed by atoms with Crippen LogP contribution in [-0.4, -0.2) is 11.0 Å². The Kier molecular flexibility index (Phi) is 2.88. The van der Waals surface area contributed by atoms with Crippen LogP contribution in [-0.2, 0) is 0 Å². The molecule has 14 heavy (non-hydrogen) atoms. The Balaban J connectivity index is 2.15. The molecule has 0 saturated heterocycles. The molecular formula is C11H18N2S. The summed E-state index contributed by atoms with van der Waals surface area (Å²) >= 11 is 1.75. The van der Waals surface area contributed by atoms with Gasteiger partial charge in [-0.15, -0.1) is 11.3 Å². The van der Waals surface area contributed by atoms with E-state index in [1.165, 1.54) is 23.5 Å². The fraction of sp³-hybridized carbons (Fsp3) is 0.727. The van der Waals surface area contributed by atoms with E-state index in [1.807, 2.05) is 0 Å². The lowest BCUT2D eigenvalue weighted by Crippen LogP contribution is -2.31. The third-order valence-electron chi connectivity index (χ3n) is 3.25. The second kappa shape index (κ2) is 3.99. The third kappa shape index (κ3) is 1.98. The van der Waals surface area contributed by atoms with Crippen molar-refractivity contribution in [3.63, 3.8) is 0 Å². The van der Waals surface area contributed by atoms with E-state index in [9.17, 15) is 0 Å². The molecule has 1 fully saturated rings. The number of aryl methyl sites for hydroxylation is 1. The molecular weight excluding hydrogens is 192 g/mol. The molecule has 2 N–H and O–H groups in total. The van der Waals surface area contributed by atoms with Gasteiger partial charge in [0.2, 0.25) is 0 Å². The molecule has 1 aromatic rings. The molecule has 2 nitrogen and oxygen atoms in total. The molecule has 1 aliphatic rings. The lowest BCUT2D eigenvalue weighted by Gasteiger charge is -2.31. The van der Waals surface area contributed by atoms with Gasteiger partial charge in [0.25, 0.3) is 0 Å². The first-order chi connectivity index (χ1) is 6.66. The van der Waals surface area contributed by atoms with Crippen LogP contribution in [0.4, 0.5) is 0 Å². The van der Waals surface area contributed by atoms with E-state index >= 15 is 0 Å². The standard InChI is InChI=1S/C11H18N2S/c1-7-3-4-9(12)5-10(7)11-6-14-8(2)13-11/h6-7,9-10H,3-5,12H2,1-2H3. The van der Waals surface area contributed by atoms with Crippen molar-refractivity contribution in [3.05, 3.63) is 16.1 Å². The maximum atomic E-state index is 6.01. The van der Waals surface area contributed by atoms with E-state index in [0.29, 0.717) is 12.0 Å². The van der Waals surface area contributed by atoms with Crippen molar-refractivity contribution in [2.75, 3.05) is 0 Å². The second-order valence-corrected chi connectivity index (χ2v) is 5.51. The van der Waals surface area contributed by atoms with E-state index < -0.39 is 0 Å². The van der Waals surface area contributed by atoms with Gasteiger partial charge in [0.05, 0.1) is 10.7 Å². The zero-order valence-corrected chi connectivity index (χ0v) is 9.68. The summed E-state index contributed by atoms with van der Waals surface area (Å²) in [4.78, 5) is 4.58. The Morgan fingerprint density at radius 3 is 2.93 bits per heavy atom. The maximum absolute atomic E-state index is 6.01. The average Bonchev–Trinajstić information content (AvgIpc) is 2.56. The quantitative estimate of drug-likeness (QED) is 0.774. The van der Waals surface area contributed by atoms with Gasteiger partial charge in [-0.3, -0.25) is 0 Å². The van der Waals surface area contributed by atoms with Crippen LogP contribution in [0.1, 0.15) is 42.8 Å². The van der Waals surface area contributed by atoms with Gasteiger partial charge in [-0.25, -0.2) is 4.98 Å². The smallest absolute Gasteiger partial charge is 0.0897 e. The Labute approximate surface area is 89.5 Å². The minimum Gasteiger partial charge on any atom is -0.328 e. The van der Waals surface area contributed by atoms with Crippen LogP contribution in [0.15, 0.2) is 5.38 Å². The Hall–Kier alpha value is -0.410. The minimum absolute atomic E-state index is 0.387. The molecule has 1 saturated carbocycles. The van der Waals surface area contributed by atoms with E-state index in [0.717, 1.165) is 12.3 Å². The predicted octanol–water partition coefficient (Wildman–Crippen LogP) is 2.68. The molecule has 1 aliphatic carbocycles. The Morgan fingerprint density at radius 1 is 1.50 bits per heavy atom. The normalized spacial score (nSPS) is 33.2. The fourth-order valence-corrected chi connectivity index (χ4v) is 2.99. The van der Waals surface area contributed by atoms with Gasteiger partial charge in [0, 0.05) is 17.3 Å². The topological polar surface area (TPSA) is 38.9 Å². The summed E-state index contributed by atoms with van der Waals surface area (Å²) in [7, 11) is 0.